The second-order valence-corrected chi connectivity index (χ2v) is 4.05. The van der Waals surface area contributed by atoms with Crippen molar-refractivity contribution in [1.29, 1.82) is 0 Å². The molecule has 2 rings (SSSR count). The molecule has 4 heteroatoms. The Morgan fingerprint density at radius 2 is 1.72 bits per heavy atom. The molecule has 1 heterocycles. The summed E-state index contributed by atoms with van der Waals surface area (Å²) in [4.78, 5) is 8.23. The van der Waals surface area contributed by atoms with Crippen LogP contribution in [0.2, 0.25) is 0 Å². The smallest absolute Gasteiger partial charge is 0.222 e. The van der Waals surface area contributed by atoms with E-state index in [9.17, 15) is 0 Å². The topological polar surface area (TPSA) is 49.8 Å². The highest BCUT2D eigenvalue weighted by molar-refractivity contribution is 5.45. The molecule has 1 aromatic heterocycles. The van der Waals surface area contributed by atoms with Gasteiger partial charge in [-0.2, -0.15) is 0 Å². The molecule has 1 aromatic carbocycles. The predicted molar refractivity (Wildman–Crippen MR) is 74.6 cm³/mol. The summed E-state index contributed by atoms with van der Waals surface area (Å²) >= 11 is 0. The summed E-state index contributed by atoms with van der Waals surface area (Å²) in [5, 5.41) is 6.53. The highest BCUT2D eigenvalue weighted by atomic mass is 15.1. The molecule has 2 aromatic rings. The van der Waals surface area contributed by atoms with Crippen molar-refractivity contribution in [3.8, 4) is 0 Å². The molecule has 0 bridgehead atoms. The van der Waals surface area contributed by atoms with E-state index >= 15 is 0 Å². The number of hydrogen-bond acceptors (Lipinski definition) is 4. The van der Waals surface area contributed by atoms with E-state index in [1.807, 2.05) is 0 Å². The summed E-state index contributed by atoms with van der Waals surface area (Å²) in [7, 11) is 0. The average molecular weight is 242 g/mol. The van der Waals surface area contributed by atoms with Crippen LogP contribution in [0.15, 0.2) is 42.7 Å². The second-order valence-electron chi connectivity index (χ2n) is 4.05. The van der Waals surface area contributed by atoms with Crippen molar-refractivity contribution in [3.05, 3.63) is 48.3 Å². The Hall–Kier alpha value is -2.10. The largest absolute Gasteiger partial charge is 0.385 e. The lowest BCUT2D eigenvalue weighted by molar-refractivity contribution is 0.979. The van der Waals surface area contributed by atoms with E-state index in [4.69, 9.17) is 0 Å². The Bertz CT molecular complexity index is 453. The van der Waals surface area contributed by atoms with Gasteiger partial charge in [0.1, 0.15) is 0 Å². The van der Waals surface area contributed by atoms with E-state index in [0.717, 1.165) is 25.2 Å². The fourth-order valence-electron chi connectivity index (χ4n) is 1.58. The van der Waals surface area contributed by atoms with Crippen molar-refractivity contribution in [2.24, 2.45) is 0 Å². The molecule has 2 N–H and O–H groups in total. The van der Waals surface area contributed by atoms with Crippen LogP contribution in [0.4, 0.5) is 11.6 Å². The van der Waals surface area contributed by atoms with Crippen molar-refractivity contribution in [2.45, 2.75) is 19.9 Å². The van der Waals surface area contributed by atoms with Gasteiger partial charge in [-0.25, -0.2) is 9.97 Å². The summed E-state index contributed by atoms with van der Waals surface area (Å²) in [6.07, 6.45) is 4.59. The Morgan fingerprint density at radius 1 is 1.00 bits per heavy atom. The van der Waals surface area contributed by atoms with Gasteiger partial charge in [0.15, 0.2) is 0 Å². The van der Waals surface area contributed by atoms with E-state index < -0.39 is 0 Å². The van der Waals surface area contributed by atoms with Gasteiger partial charge in [-0.3, -0.25) is 0 Å². The van der Waals surface area contributed by atoms with E-state index in [1.165, 1.54) is 5.56 Å². The third-order valence-electron chi connectivity index (χ3n) is 2.55. The quantitative estimate of drug-likeness (QED) is 0.817. The lowest BCUT2D eigenvalue weighted by atomic mass is 10.2. The van der Waals surface area contributed by atoms with Gasteiger partial charge in [-0.05, 0) is 30.2 Å². The molecule has 4 nitrogen and oxygen atoms in total. The monoisotopic (exact) mass is 242 g/mol. The maximum atomic E-state index is 4.12. The number of aromatic nitrogens is 2. The minimum Gasteiger partial charge on any atom is -0.385 e. The fourth-order valence-corrected chi connectivity index (χ4v) is 1.58. The highest BCUT2D eigenvalue weighted by Crippen LogP contribution is 2.10. The molecule has 0 unspecified atom stereocenters. The van der Waals surface area contributed by atoms with Gasteiger partial charge in [-0.1, -0.05) is 19.1 Å². The number of rotatable bonds is 6. The Labute approximate surface area is 107 Å². The summed E-state index contributed by atoms with van der Waals surface area (Å²) in [5.41, 5.74) is 2.38. The van der Waals surface area contributed by atoms with Gasteiger partial charge in [0.2, 0.25) is 5.95 Å². The van der Waals surface area contributed by atoms with Crippen LogP contribution in [0.5, 0.6) is 0 Å². The zero-order valence-electron chi connectivity index (χ0n) is 10.6. The number of hydrogen-bond donors (Lipinski definition) is 2. The zero-order valence-corrected chi connectivity index (χ0v) is 10.6. The van der Waals surface area contributed by atoms with Gasteiger partial charge >= 0.3 is 0 Å². The second kappa shape index (κ2) is 6.59. The Morgan fingerprint density at radius 3 is 2.39 bits per heavy atom. The molecule has 0 atom stereocenters. The molecule has 0 aliphatic rings. The van der Waals surface area contributed by atoms with E-state index in [2.05, 4.69) is 51.8 Å². The molecule has 94 valence electrons. The molecule has 0 saturated carbocycles. The summed E-state index contributed by atoms with van der Waals surface area (Å²) < 4.78 is 0. The molecule has 0 radical (unpaired) electrons. The predicted octanol–water partition coefficient (Wildman–Crippen LogP) is 2.91. The highest BCUT2D eigenvalue weighted by Gasteiger charge is 1.96. The van der Waals surface area contributed by atoms with Gasteiger partial charge in [0.05, 0.1) is 0 Å². The van der Waals surface area contributed by atoms with Gasteiger partial charge in [0, 0.05) is 31.2 Å². The van der Waals surface area contributed by atoms with Crippen LogP contribution in [0.3, 0.4) is 0 Å². The van der Waals surface area contributed by atoms with E-state index in [-0.39, 0.29) is 0 Å². The minimum absolute atomic E-state index is 0.658. The van der Waals surface area contributed by atoms with Crippen molar-refractivity contribution < 1.29 is 0 Å². The first-order chi connectivity index (χ1) is 8.88. The molecular formula is C14H18N4. The summed E-state index contributed by atoms with van der Waals surface area (Å²) in [6.45, 7) is 3.90. The van der Waals surface area contributed by atoms with Crippen molar-refractivity contribution in [2.75, 3.05) is 17.2 Å². The lowest BCUT2D eigenvalue weighted by Gasteiger charge is -2.07. The molecule has 18 heavy (non-hydrogen) atoms. The van der Waals surface area contributed by atoms with E-state index in [0.29, 0.717) is 5.95 Å². The van der Waals surface area contributed by atoms with Crippen molar-refractivity contribution in [1.82, 2.24) is 9.97 Å². The van der Waals surface area contributed by atoms with Crippen molar-refractivity contribution in [3.63, 3.8) is 0 Å². The molecule has 0 amide bonds. The number of nitrogens with zero attached hydrogens (tertiary/aromatic N) is 2. The molecule has 0 fully saturated rings. The molecule has 0 saturated heterocycles. The molecule has 0 spiro atoms. The average Bonchev–Trinajstić information content (AvgIpc) is 2.45. The van der Waals surface area contributed by atoms with Gasteiger partial charge < -0.3 is 10.6 Å². The first kappa shape index (κ1) is 12.4. The van der Waals surface area contributed by atoms with Gasteiger partial charge in [0.25, 0.3) is 0 Å². The number of anilines is 2. The third-order valence-corrected chi connectivity index (χ3v) is 2.55. The first-order valence-corrected chi connectivity index (χ1v) is 6.22. The summed E-state index contributed by atoms with van der Waals surface area (Å²) in [5.74, 6) is 0.658. The first-order valence-electron chi connectivity index (χ1n) is 6.22. The molecule has 0 aliphatic heterocycles. The van der Waals surface area contributed by atoms with E-state index in [1.54, 1.807) is 18.5 Å². The van der Waals surface area contributed by atoms with Crippen LogP contribution in [0.25, 0.3) is 0 Å². The molecular weight excluding hydrogens is 224 g/mol. The Balaban J connectivity index is 1.86. The fraction of sp³-hybridized carbons (Fsp3) is 0.286. The normalized spacial score (nSPS) is 10.1. The van der Waals surface area contributed by atoms with Crippen LogP contribution in [0.1, 0.15) is 18.9 Å². The summed E-state index contributed by atoms with van der Waals surface area (Å²) in [6, 6.07) is 10.2. The lowest BCUT2D eigenvalue weighted by Crippen LogP contribution is -2.03. The third kappa shape index (κ3) is 3.73. The van der Waals surface area contributed by atoms with Crippen LogP contribution in [-0.2, 0) is 6.54 Å². The maximum Gasteiger partial charge on any atom is 0.222 e. The number of benzene rings is 1. The standard InChI is InChI=1S/C14H18N4/c1-2-8-15-13-6-4-12(5-7-13)11-18-14-16-9-3-10-17-14/h3-7,9-10,15H,2,8,11H2,1H3,(H,16,17,18). The SMILES string of the molecule is CCCNc1ccc(CNc2ncccn2)cc1. The maximum absolute atomic E-state index is 4.12. The van der Waals surface area contributed by atoms with Crippen LogP contribution >= 0.6 is 0 Å². The van der Waals surface area contributed by atoms with Crippen molar-refractivity contribution >= 4 is 11.6 Å². The van der Waals surface area contributed by atoms with Gasteiger partial charge in [-0.15, -0.1) is 0 Å². The van der Waals surface area contributed by atoms with Crippen LogP contribution in [0, 0.1) is 0 Å². The zero-order chi connectivity index (χ0) is 12.6. The van der Waals surface area contributed by atoms with Crippen LogP contribution < -0.4 is 10.6 Å². The Kier molecular flexibility index (Phi) is 4.53. The van der Waals surface area contributed by atoms with Crippen LogP contribution in [-0.4, -0.2) is 16.5 Å². The number of nitrogens with one attached hydrogen (secondary N) is 2. The minimum atomic E-state index is 0.658. The molecule has 0 aliphatic carbocycles.